The van der Waals surface area contributed by atoms with Crippen LogP contribution in [0, 0.1) is 0 Å². The van der Waals surface area contributed by atoms with Crippen LogP contribution in [0.25, 0.3) is 0 Å². The zero-order valence-electron chi connectivity index (χ0n) is 20.0. The van der Waals surface area contributed by atoms with Gasteiger partial charge in [-0.1, -0.05) is 36.4 Å². The Kier molecular flexibility index (Phi) is 7.29. The SMILES string of the molecule is COc1ccc(C=NNc2nc(N3CCOCC3)nc(N(c3ccccc3)c3ccccc3)n2)cc1. The molecule has 5 rings (SSSR count). The minimum atomic E-state index is 0.350. The van der Waals surface area contributed by atoms with Crippen LogP contribution in [0.5, 0.6) is 5.75 Å². The molecule has 1 N–H and O–H groups in total. The van der Waals surface area contributed by atoms with E-state index < -0.39 is 0 Å². The second-order valence-corrected chi connectivity index (χ2v) is 8.01. The summed E-state index contributed by atoms with van der Waals surface area (Å²) < 4.78 is 10.7. The van der Waals surface area contributed by atoms with Crippen LogP contribution in [0.1, 0.15) is 5.56 Å². The number of para-hydroxylation sites is 2. The van der Waals surface area contributed by atoms with Gasteiger partial charge in [-0.05, 0) is 54.1 Å². The maximum atomic E-state index is 5.53. The number of benzene rings is 3. The van der Waals surface area contributed by atoms with E-state index >= 15 is 0 Å². The van der Waals surface area contributed by atoms with Crippen molar-refractivity contribution in [3.05, 3.63) is 90.5 Å². The van der Waals surface area contributed by atoms with Crippen LogP contribution >= 0.6 is 0 Å². The summed E-state index contributed by atoms with van der Waals surface area (Å²) in [4.78, 5) is 18.4. The van der Waals surface area contributed by atoms with Crippen molar-refractivity contribution in [2.45, 2.75) is 0 Å². The molecule has 1 aliphatic rings. The van der Waals surface area contributed by atoms with Crippen LogP contribution in [0.4, 0.5) is 29.2 Å². The second kappa shape index (κ2) is 11.3. The van der Waals surface area contributed by atoms with Gasteiger partial charge in [0.05, 0.1) is 26.5 Å². The average Bonchev–Trinajstić information content (AvgIpc) is 2.95. The van der Waals surface area contributed by atoms with Crippen molar-refractivity contribution >= 4 is 35.4 Å². The first-order chi connectivity index (χ1) is 17.8. The molecular weight excluding hydrogens is 454 g/mol. The molecule has 36 heavy (non-hydrogen) atoms. The highest BCUT2D eigenvalue weighted by molar-refractivity contribution is 5.80. The van der Waals surface area contributed by atoms with Gasteiger partial charge in [-0.2, -0.15) is 20.1 Å². The number of hydrazone groups is 1. The molecule has 1 aromatic heterocycles. The topological polar surface area (TPSA) is 88.0 Å². The zero-order chi connectivity index (χ0) is 24.6. The molecule has 0 spiro atoms. The van der Waals surface area contributed by atoms with Gasteiger partial charge < -0.3 is 14.4 Å². The molecule has 182 valence electrons. The van der Waals surface area contributed by atoms with Crippen LogP contribution in [0.3, 0.4) is 0 Å². The van der Waals surface area contributed by atoms with E-state index in [1.807, 2.05) is 89.8 Å². The molecule has 0 atom stereocenters. The van der Waals surface area contributed by atoms with Crippen molar-refractivity contribution in [3.63, 3.8) is 0 Å². The Balaban J connectivity index is 1.51. The molecule has 1 saturated heterocycles. The molecule has 1 fully saturated rings. The summed E-state index contributed by atoms with van der Waals surface area (Å²) in [6.07, 6.45) is 1.71. The van der Waals surface area contributed by atoms with E-state index in [9.17, 15) is 0 Å². The number of methoxy groups -OCH3 is 1. The fourth-order valence-corrected chi connectivity index (χ4v) is 3.80. The Hall–Kier alpha value is -4.50. The smallest absolute Gasteiger partial charge is 0.250 e. The summed E-state index contributed by atoms with van der Waals surface area (Å²) in [5, 5.41) is 4.37. The number of anilines is 5. The molecule has 4 aromatic rings. The van der Waals surface area contributed by atoms with Crippen LogP contribution < -0.4 is 20.0 Å². The highest BCUT2D eigenvalue weighted by atomic mass is 16.5. The minimum Gasteiger partial charge on any atom is -0.497 e. The zero-order valence-corrected chi connectivity index (χ0v) is 20.0. The number of nitrogens with one attached hydrogen (secondary N) is 1. The van der Waals surface area contributed by atoms with Crippen molar-refractivity contribution in [2.75, 3.05) is 48.6 Å². The first kappa shape index (κ1) is 23.3. The first-order valence-electron chi connectivity index (χ1n) is 11.7. The lowest BCUT2D eigenvalue weighted by atomic mass is 10.2. The summed E-state index contributed by atoms with van der Waals surface area (Å²) in [5.74, 6) is 2.20. The molecule has 9 heteroatoms. The lowest BCUT2D eigenvalue weighted by molar-refractivity contribution is 0.122. The van der Waals surface area contributed by atoms with Gasteiger partial charge in [0, 0.05) is 24.5 Å². The van der Waals surface area contributed by atoms with Gasteiger partial charge in [-0.3, -0.25) is 4.90 Å². The number of hydrogen-bond acceptors (Lipinski definition) is 9. The van der Waals surface area contributed by atoms with Gasteiger partial charge in [-0.25, -0.2) is 5.43 Å². The third kappa shape index (κ3) is 5.59. The molecule has 0 radical (unpaired) electrons. The molecule has 1 aliphatic heterocycles. The van der Waals surface area contributed by atoms with Gasteiger partial charge in [0.1, 0.15) is 5.75 Å². The fourth-order valence-electron chi connectivity index (χ4n) is 3.80. The van der Waals surface area contributed by atoms with Crippen molar-refractivity contribution in [1.29, 1.82) is 0 Å². The van der Waals surface area contributed by atoms with Crippen LogP contribution in [0.15, 0.2) is 90.0 Å². The summed E-state index contributed by atoms with van der Waals surface area (Å²) in [6.45, 7) is 2.66. The van der Waals surface area contributed by atoms with Crippen molar-refractivity contribution in [3.8, 4) is 5.75 Å². The Bertz CT molecular complexity index is 1240. The van der Waals surface area contributed by atoms with Crippen LogP contribution in [-0.4, -0.2) is 54.6 Å². The molecular formula is C27H27N7O2. The largest absolute Gasteiger partial charge is 0.497 e. The summed E-state index contributed by atoms with van der Waals surface area (Å²) in [6, 6.07) is 27.7. The number of ether oxygens (including phenoxy) is 2. The van der Waals surface area contributed by atoms with E-state index in [0.717, 1.165) is 22.7 Å². The normalized spacial score (nSPS) is 13.5. The Morgan fingerprint density at radius 1 is 0.861 bits per heavy atom. The Morgan fingerprint density at radius 3 is 2.11 bits per heavy atom. The van der Waals surface area contributed by atoms with Gasteiger partial charge in [0.2, 0.25) is 17.8 Å². The average molecular weight is 482 g/mol. The maximum absolute atomic E-state index is 5.53. The number of rotatable bonds is 8. The summed E-state index contributed by atoms with van der Waals surface area (Å²) in [5.41, 5.74) is 5.79. The van der Waals surface area contributed by atoms with E-state index in [2.05, 4.69) is 20.4 Å². The van der Waals surface area contributed by atoms with Gasteiger partial charge in [0.25, 0.3) is 0 Å². The predicted molar refractivity (Wildman–Crippen MR) is 142 cm³/mol. The van der Waals surface area contributed by atoms with E-state index in [1.54, 1.807) is 13.3 Å². The van der Waals surface area contributed by atoms with E-state index in [0.29, 0.717) is 44.1 Å². The van der Waals surface area contributed by atoms with E-state index in [-0.39, 0.29) is 0 Å². The standard InChI is InChI=1S/C27H27N7O2/c1-35-24-14-12-21(13-15-24)20-28-32-25-29-26(33-16-18-36-19-17-33)31-27(30-25)34(22-8-4-2-5-9-22)23-10-6-3-7-11-23/h2-15,20H,16-19H2,1H3,(H,29,30,31,32). The number of aromatic nitrogens is 3. The van der Waals surface area contributed by atoms with Crippen molar-refractivity contribution in [2.24, 2.45) is 5.10 Å². The van der Waals surface area contributed by atoms with Crippen molar-refractivity contribution in [1.82, 2.24) is 15.0 Å². The maximum Gasteiger partial charge on any atom is 0.250 e. The summed E-state index contributed by atoms with van der Waals surface area (Å²) in [7, 11) is 1.64. The summed E-state index contributed by atoms with van der Waals surface area (Å²) >= 11 is 0. The highest BCUT2D eigenvalue weighted by Gasteiger charge is 2.21. The predicted octanol–water partition coefficient (Wildman–Crippen LogP) is 4.63. The van der Waals surface area contributed by atoms with Crippen LogP contribution in [-0.2, 0) is 4.74 Å². The Labute approximate surface area is 210 Å². The van der Waals surface area contributed by atoms with Gasteiger partial charge >= 0.3 is 0 Å². The lowest BCUT2D eigenvalue weighted by Crippen LogP contribution is -2.37. The molecule has 0 saturated carbocycles. The number of morpholine rings is 1. The minimum absolute atomic E-state index is 0.350. The molecule has 0 amide bonds. The fraction of sp³-hybridized carbons (Fsp3) is 0.185. The molecule has 0 aliphatic carbocycles. The molecule has 0 bridgehead atoms. The second-order valence-electron chi connectivity index (χ2n) is 8.01. The van der Waals surface area contributed by atoms with Crippen LogP contribution in [0.2, 0.25) is 0 Å². The lowest BCUT2D eigenvalue weighted by Gasteiger charge is -2.28. The molecule has 0 unspecified atom stereocenters. The van der Waals surface area contributed by atoms with Crippen molar-refractivity contribution < 1.29 is 9.47 Å². The number of nitrogens with zero attached hydrogens (tertiary/aromatic N) is 6. The van der Waals surface area contributed by atoms with Gasteiger partial charge in [-0.15, -0.1) is 0 Å². The third-order valence-electron chi connectivity index (χ3n) is 5.63. The van der Waals surface area contributed by atoms with E-state index in [1.165, 1.54) is 0 Å². The quantitative estimate of drug-likeness (QED) is 0.288. The first-order valence-corrected chi connectivity index (χ1v) is 11.7. The number of hydrogen-bond donors (Lipinski definition) is 1. The molecule has 2 heterocycles. The Morgan fingerprint density at radius 2 is 1.50 bits per heavy atom. The monoisotopic (exact) mass is 481 g/mol. The molecule has 9 nitrogen and oxygen atoms in total. The van der Waals surface area contributed by atoms with E-state index in [4.69, 9.17) is 19.4 Å². The highest BCUT2D eigenvalue weighted by Crippen LogP contribution is 2.33. The third-order valence-corrected chi connectivity index (χ3v) is 5.63. The molecule has 3 aromatic carbocycles. The van der Waals surface area contributed by atoms with Gasteiger partial charge in [0.15, 0.2) is 0 Å².